The molecule has 2 aliphatic rings. The summed E-state index contributed by atoms with van der Waals surface area (Å²) in [7, 11) is 1.69. The van der Waals surface area contributed by atoms with Gasteiger partial charge < -0.3 is 15.4 Å². The van der Waals surface area contributed by atoms with Crippen LogP contribution in [0.4, 0.5) is 0 Å². The Morgan fingerprint density at radius 3 is 2.63 bits per heavy atom. The minimum Gasteiger partial charge on any atom is -0.383 e. The molecular weight excluding hydrogens is 240 g/mol. The van der Waals surface area contributed by atoms with Gasteiger partial charge in [-0.05, 0) is 38.0 Å². The van der Waals surface area contributed by atoms with Gasteiger partial charge in [0.2, 0.25) is 5.91 Å². The molecule has 4 heteroatoms. The fraction of sp³-hybridized carbons (Fsp3) is 0.933. The molecule has 3 atom stereocenters. The van der Waals surface area contributed by atoms with E-state index in [0.29, 0.717) is 31.0 Å². The third-order valence-electron chi connectivity index (χ3n) is 4.41. The molecule has 3 unspecified atom stereocenters. The van der Waals surface area contributed by atoms with Gasteiger partial charge in [-0.2, -0.15) is 0 Å². The number of hydrogen-bond donors (Lipinski definition) is 2. The third-order valence-corrected chi connectivity index (χ3v) is 4.41. The molecule has 4 nitrogen and oxygen atoms in total. The number of piperidine rings is 1. The van der Waals surface area contributed by atoms with E-state index in [1.807, 2.05) is 0 Å². The molecule has 0 aromatic heterocycles. The van der Waals surface area contributed by atoms with E-state index in [1.165, 1.54) is 25.7 Å². The second kappa shape index (κ2) is 7.25. The van der Waals surface area contributed by atoms with Crippen molar-refractivity contribution in [1.82, 2.24) is 10.6 Å². The van der Waals surface area contributed by atoms with Crippen LogP contribution in [0, 0.1) is 5.92 Å². The summed E-state index contributed by atoms with van der Waals surface area (Å²) in [5.41, 5.74) is 0. The van der Waals surface area contributed by atoms with Crippen molar-refractivity contribution >= 4 is 5.91 Å². The number of carbonyl (C=O) groups is 1. The van der Waals surface area contributed by atoms with Gasteiger partial charge >= 0.3 is 0 Å². The number of rotatable bonds is 7. The molecule has 0 radical (unpaired) electrons. The number of fused-ring (bicyclic) bond motifs is 2. The van der Waals surface area contributed by atoms with Gasteiger partial charge in [-0.3, -0.25) is 4.79 Å². The zero-order chi connectivity index (χ0) is 13.7. The second-order valence-electron chi connectivity index (χ2n) is 6.19. The van der Waals surface area contributed by atoms with Crippen LogP contribution >= 0.6 is 0 Å². The number of hydrogen-bond acceptors (Lipinski definition) is 3. The quantitative estimate of drug-likeness (QED) is 0.741. The SMILES string of the molecule is CCCC(COC)NC(=O)CC1CC2CCC(C1)N2. The second-order valence-corrected chi connectivity index (χ2v) is 6.19. The van der Waals surface area contributed by atoms with Crippen molar-refractivity contribution in [2.75, 3.05) is 13.7 Å². The highest BCUT2D eigenvalue weighted by molar-refractivity contribution is 5.76. The van der Waals surface area contributed by atoms with Crippen LogP contribution in [-0.2, 0) is 9.53 Å². The van der Waals surface area contributed by atoms with Crippen LogP contribution in [0.3, 0.4) is 0 Å². The summed E-state index contributed by atoms with van der Waals surface area (Å²) in [6, 6.07) is 1.52. The van der Waals surface area contributed by atoms with E-state index in [1.54, 1.807) is 7.11 Å². The number of nitrogens with one attached hydrogen (secondary N) is 2. The molecule has 2 heterocycles. The molecule has 0 aromatic rings. The van der Waals surface area contributed by atoms with Crippen LogP contribution < -0.4 is 10.6 Å². The first kappa shape index (κ1) is 14.8. The summed E-state index contributed by atoms with van der Waals surface area (Å²) < 4.78 is 5.17. The molecule has 2 rings (SSSR count). The van der Waals surface area contributed by atoms with Crippen LogP contribution in [0.15, 0.2) is 0 Å². The molecule has 2 saturated heterocycles. The van der Waals surface area contributed by atoms with Crippen molar-refractivity contribution in [2.24, 2.45) is 5.92 Å². The molecule has 0 spiro atoms. The lowest BCUT2D eigenvalue weighted by atomic mass is 9.89. The van der Waals surface area contributed by atoms with Crippen molar-refractivity contribution in [1.29, 1.82) is 0 Å². The zero-order valence-corrected chi connectivity index (χ0v) is 12.3. The van der Waals surface area contributed by atoms with Gasteiger partial charge in [0.05, 0.1) is 12.6 Å². The largest absolute Gasteiger partial charge is 0.383 e. The molecule has 0 aromatic carbocycles. The standard InChI is InChI=1S/C15H28N2O2/c1-3-4-14(10-19-2)17-15(18)9-11-7-12-5-6-13(8-11)16-12/h11-14,16H,3-10H2,1-2H3,(H,17,18). The number of carbonyl (C=O) groups excluding carboxylic acids is 1. The van der Waals surface area contributed by atoms with Crippen LogP contribution in [0.25, 0.3) is 0 Å². The summed E-state index contributed by atoms with van der Waals surface area (Å²) >= 11 is 0. The molecule has 19 heavy (non-hydrogen) atoms. The molecular formula is C15H28N2O2. The smallest absolute Gasteiger partial charge is 0.220 e. The fourth-order valence-electron chi connectivity index (χ4n) is 3.64. The topological polar surface area (TPSA) is 50.4 Å². The van der Waals surface area contributed by atoms with Gasteiger partial charge in [-0.1, -0.05) is 13.3 Å². The minimum absolute atomic E-state index is 0.181. The maximum atomic E-state index is 12.1. The summed E-state index contributed by atoms with van der Waals surface area (Å²) in [6.07, 6.45) is 7.70. The number of ether oxygens (including phenoxy) is 1. The lowest BCUT2D eigenvalue weighted by Gasteiger charge is -2.29. The van der Waals surface area contributed by atoms with Gasteiger partial charge in [0.15, 0.2) is 0 Å². The first-order valence-corrected chi connectivity index (χ1v) is 7.75. The fourth-order valence-corrected chi connectivity index (χ4v) is 3.64. The lowest BCUT2D eigenvalue weighted by molar-refractivity contribution is -0.123. The van der Waals surface area contributed by atoms with E-state index >= 15 is 0 Å². The summed E-state index contributed by atoms with van der Waals surface area (Å²) in [4.78, 5) is 12.1. The van der Waals surface area contributed by atoms with E-state index < -0.39 is 0 Å². The van der Waals surface area contributed by atoms with Crippen LogP contribution in [-0.4, -0.2) is 37.7 Å². The summed E-state index contributed by atoms with van der Waals surface area (Å²) in [6.45, 7) is 2.76. The molecule has 2 bridgehead atoms. The highest BCUT2D eigenvalue weighted by Gasteiger charge is 2.34. The monoisotopic (exact) mass is 268 g/mol. The highest BCUT2D eigenvalue weighted by Crippen LogP contribution is 2.32. The van der Waals surface area contributed by atoms with Gasteiger partial charge in [0.25, 0.3) is 0 Å². The van der Waals surface area contributed by atoms with Crippen molar-refractivity contribution in [2.45, 2.75) is 70.0 Å². The van der Waals surface area contributed by atoms with E-state index in [9.17, 15) is 4.79 Å². The Bertz CT molecular complexity index is 278. The molecule has 110 valence electrons. The first-order valence-electron chi connectivity index (χ1n) is 7.75. The van der Waals surface area contributed by atoms with Crippen molar-refractivity contribution in [3.05, 3.63) is 0 Å². The number of methoxy groups -OCH3 is 1. The predicted molar refractivity (Wildman–Crippen MR) is 76.0 cm³/mol. The first-order chi connectivity index (χ1) is 9.21. The van der Waals surface area contributed by atoms with E-state index in [2.05, 4.69) is 17.6 Å². The van der Waals surface area contributed by atoms with Crippen LogP contribution in [0.5, 0.6) is 0 Å². The average Bonchev–Trinajstić information content (AvgIpc) is 2.69. The Morgan fingerprint density at radius 1 is 1.37 bits per heavy atom. The van der Waals surface area contributed by atoms with Gasteiger partial charge in [0.1, 0.15) is 0 Å². The van der Waals surface area contributed by atoms with E-state index in [0.717, 1.165) is 12.8 Å². The molecule has 0 saturated carbocycles. The van der Waals surface area contributed by atoms with Crippen LogP contribution in [0.2, 0.25) is 0 Å². The molecule has 2 aliphatic heterocycles. The lowest BCUT2D eigenvalue weighted by Crippen LogP contribution is -2.42. The maximum absolute atomic E-state index is 12.1. The molecule has 0 aliphatic carbocycles. The Balaban J connectivity index is 1.73. The van der Waals surface area contributed by atoms with Crippen molar-refractivity contribution < 1.29 is 9.53 Å². The maximum Gasteiger partial charge on any atom is 0.220 e. The van der Waals surface area contributed by atoms with E-state index in [-0.39, 0.29) is 11.9 Å². The molecule has 2 fully saturated rings. The summed E-state index contributed by atoms with van der Waals surface area (Å²) in [5, 5.41) is 6.76. The third kappa shape index (κ3) is 4.46. The number of amides is 1. The zero-order valence-electron chi connectivity index (χ0n) is 12.3. The predicted octanol–water partition coefficient (Wildman–Crippen LogP) is 1.84. The van der Waals surface area contributed by atoms with Gasteiger partial charge in [-0.15, -0.1) is 0 Å². The van der Waals surface area contributed by atoms with Crippen molar-refractivity contribution in [3.63, 3.8) is 0 Å². The Hall–Kier alpha value is -0.610. The Labute approximate surface area is 116 Å². The van der Waals surface area contributed by atoms with Crippen molar-refractivity contribution in [3.8, 4) is 0 Å². The van der Waals surface area contributed by atoms with E-state index in [4.69, 9.17) is 4.74 Å². The van der Waals surface area contributed by atoms with Gasteiger partial charge in [0, 0.05) is 25.6 Å². The van der Waals surface area contributed by atoms with Gasteiger partial charge in [-0.25, -0.2) is 0 Å². The van der Waals surface area contributed by atoms with Crippen LogP contribution in [0.1, 0.15) is 51.9 Å². The summed E-state index contributed by atoms with van der Waals surface area (Å²) in [5.74, 6) is 0.783. The normalized spacial score (nSPS) is 31.2. The Kier molecular flexibility index (Phi) is 5.64. The minimum atomic E-state index is 0.181. The average molecular weight is 268 g/mol. The molecule has 2 N–H and O–H groups in total. The highest BCUT2D eigenvalue weighted by atomic mass is 16.5. The Morgan fingerprint density at radius 2 is 2.05 bits per heavy atom. The molecule has 1 amide bonds.